The van der Waals surface area contributed by atoms with Crippen molar-refractivity contribution in [3.63, 3.8) is 0 Å². The molecule has 0 saturated heterocycles. The molecule has 0 bridgehead atoms. The first kappa shape index (κ1) is 13.5. The quantitative estimate of drug-likeness (QED) is 0.846. The third-order valence-electron chi connectivity index (χ3n) is 2.91. The highest BCUT2D eigenvalue weighted by Gasteiger charge is 2.19. The van der Waals surface area contributed by atoms with Crippen molar-refractivity contribution >= 4 is 11.6 Å². The maximum absolute atomic E-state index is 13.0. The van der Waals surface area contributed by atoms with Crippen LogP contribution in [0.2, 0.25) is 5.02 Å². The summed E-state index contributed by atoms with van der Waals surface area (Å²) < 4.78 is 13.0. The van der Waals surface area contributed by atoms with Gasteiger partial charge in [0.2, 0.25) is 0 Å². The number of benzene rings is 1. The SMILES string of the molecule is CC(NCc1cc(F)ccc1Cl)C(C)(C)C. The maximum Gasteiger partial charge on any atom is 0.123 e. The standard InChI is InChI=1S/C13H19ClFN/c1-9(13(2,3)4)16-8-10-7-11(15)5-6-12(10)14/h5-7,9,16H,8H2,1-4H3. The fourth-order valence-corrected chi connectivity index (χ4v) is 1.43. The second-order valence-corrected chi connectivity index (χ2v) is 5.61. The average Bonchev–Trinajstić information content (AvgIpc) is 2.17. The normalized spacial score (nSPS) is 13.9. The molecule has 0 amide bonds. The largest absolute Gasteiger partial charge is 0.310 e. The second-order valence-electron chi connectivity index (χ2n) is 5.20. The molecule has 1 aromatic carbocycles. The van der Waals surface area contributed by atoms with E-state index in [4.69, 9.17) is 11.6 Å². The highest BCUT2D eigenvalue weighted by Crippen LogP contribution is 2.21. The summed E-state index contributed by atoms with van der Waals surface area (Å²) in [5.41, 5.74) is 0.984. The summed E-state index contributed by atoms with van der Waals surface area (Å²) in [6.45, 7) is 9.20. The Labute approximate surface area is 102 Å². The highest BCUT2D eigenvalue weighted by molar-refractivity contribution is 6.31. The first-order valence-corrected chi connectivity index (χ1v) is 5.86. The van der Waals surface area contributed by atoms with E-state index in [1.165, 1.54) is 12.1 Å². The molecule has 0 aliphatic heterocycles. The molecule has 16 heavy (non-hydrogen) atoms. The van der Waals surface area contributed by atoms with Crippen molar-refractivity contribution in [2.24, 2.45) is 5.41 Å². The Bertz CT molecular complexity index is 357. The van der Waals surface area contributed by atoms with Gasteiger partial charge in [-0.25, -0.2) is 4.39 Å². The Morgan fingerprint density at radius 1 is 1.38 bits per heavy atom. The molecule has 0 aliphatic rings. The zero-order valence-electron chi connectivity index (χ0n) is 10.3. The summed E-state index contributed by atoms with van der Waals surface area (Å²) in [7, 11) is 0. The number of hydrogen-bond donors (Lipinski definition) is 1. The van der Waals surface area contributed by atoms with Crippen molar-refractivity contribution in [3.05, 3.63) is 34.6 Å². The third-order valence-corrected chi connectivity index (χ3v) is 3.27. The van der Waals surface area contributed by atoms with Crippen molar-refractivity contribution in [1.29, 1.82) is 0 Å². The van der Waals surface area contributed by atoms with Crippen LogP contribution >= 0.6 is 11.6 Å². The fraction of sp³-hybridized carbons (Fsp3) is 0.538. The van der Waals surface area contributed by atoms with Gasteiger partial charge in [-0.1, -0.05) is 32.4 Å². The van der Waals surface area contributed by atoms with Gasteiger partial charge in [0.25, 0.3) is 0 Å². The molecule has 3 heteroatoms. The number of rotatable bonds is 3. The van der Waals surface area contributed by atoms with Gasteiger partial charge in [-0.15, -0.1) is 0 Å². The molecule has 1 aromatic rings. The molecule has 0 aliphatic carbocycles. The van der Waals surface area contributed by atoms with Gasteiger partial charge < -0.3 is 5.32 Å². The number of nitrogens with one attached hydrogen (secondary N) is 1. The monoisotopic (exact) mass is 243 g/mol. The molecule has 90 valence electrons. The first-order valence-electron chi connectivity index (χ1n) is 5.48. The average molecular weight is 244 g/mol. The van der Waals surface area contributed by atoms with E-state index in [1.54, 1.807) is 6.07 Å². The summed E-state index contributed by atoms with van der Waals surface area (Å²) in [4.78, 5) is 0. The molecule has 0 radical (unpaired) electrons. The zero-order chi connectivity index (χ0) is 12.3. The van der Waals surface area contributed by atoms with Crippen LogP contribution in [0.25, 0.3) is 0 Å². The number of hydrogen-bond acceptors (Lipinski definition) is 1. The molecular weight excluding hydrogens is 225 g/mol. The predicted octanol–water partition coefficient (Wildman–Crippen LogP) is 4.00. The van der Waals surface area contributed by atoms with Crippen molar-refractivity contribution in [3.8, 4) is 0 Å². The van der Waals surface area contributed by atoms with Gasteiger partial charge in [0.15, 0.2) is 0 Å². The van der Waals surface area contributed by atoms with Gasteiger partial charge in [-0.05, 0) is 36.1 Å². The van der Waals surface area contributed by atoms with E-state index in [0.717, 1.165) is 5.56 Å². The van der Waals surface area contributed by atoms with Crippen molar-refractivity contribution in [1.82, 2.24) is 5.32 Å². The van der Waals surface area contributed by atoms with E-state index in [-0.39, 0.29) is 11.2 Å². The van der Waals surface area contributed by atoms with E-state index < -0.39 is 0 Å². The summed E-state index contributed by atoms with van der Waals surface area (Å²) in [6.07, 6.45) is 0. The van der Waals surface area contributed by atoms with Gasteiger partial charge in [0, 0.05) is 17.6 Å². The molecule has 0 heterocycles. The van der Waals surface area contributed by atoms with E-state index in [0.29, 0.717) is 17.6 Å². The Kier molecular flexibility index (Phi) is 4.34. The van der Waals surface area contributed by atoms with Crippen LogP contribution in [0.4, 0.5) is 4.39 Å². The lowest BCUT2D eigenvalue weighted by Gasteiger charge is -2.28. The summed E-state index contributed by atoms with van der Waals surface area (Å²) in [5, 5.41) is 3.96. The highest BCUT2D eigenvalue weighted by atomic mass is 35.5. The van der Waals surface area contributed by atoms with Crippen LogP contribution < -0.4 is 5.32 Å². The molecule has 1 N–H and O–H groups in total. The Balaban J connectivity index is 2.64. The zero-order valence-corrected chi connectivity index (χ0v) is 11.0. The minimum atomic E-state index is -0.246. The van der Waals surface area contributed by atoms with Gasteiger partial charge in [-0.3, -0.25) is 0 Å². The van der Waals surface area contributed by atoms with E-state index >= 15 is 0 Å². The van der Waals surface area contributed by atoms with E-state index in [2.05, 4.69) is 33.0 Å². The van der Waals surface area contributed by atoms with Crippen LogP contribution in [-0.4, -0.2) is 6.04 Å². The molecular formula is C13H19ClFN. The van der Waals surface area contributed by atoms with Crippen molar-refractivity contribution in [2.75, 3.05) is 0 Å². The summed E-state index contributed by atoms with van der Waals surface area (Å²) >= 11 is 5.99. The van der Waals surface area contributed by atoms with E-state index in [9.17, 15) is 4.39 Å². The lowest BCUT2D eigenvalue weighted by molar-refractivity contribution is 0.285. The van der Waals surface area contributed by atoms with Crippen LogP contribution in [-0.2, 0) is 6.54 Å². The second kappa shape index (κ2) is 5.15. The molecule has 0 aromatic heterocycles. The smallest absolute Gasteiger partial charge is 0.123 e. The molecule has 1 nitrogen and oxygen atoms in total. The number of halogens is 2. The topological polar surface area (TPSA) is 12.0 Å². The van der Waals surface area contributed by atoms with Crippen LogP contribution in [0, 0.1) is 11.2 Å². The first-order chi connectivity index (χ1) is 7.30. The van der Waals surface area contributed by atoms with Crippen LogP contribution in [0.1, 0.15) is 33.3 Å². The molecule has 0 saturated carbocycles. The summed E-state index contributed by atoms with van der Waals surface area (Å²) in [5.74, 6) is -0.246. The van der Waals surface area contributed by atoms with Crippen LogP contribution in [0.3, 0.4) is 0 Å². The van der Waals surface area contributed by atoms with Gasteiger partial charge in [0.05, 0.1) is 0 Å². The lowest BCUT2D eigenvalue weighted by Crippen LogP contribution is -2.37. The van der Waals surface area contributed by atoms with Crippen molar-refractivity contribution in [2.45, 2.75) is 40.3 Å². The third kappa shape index (κ3) is 3.76. The lowest BCUT2D eigenvalue weighted by atomic mass is 9.88. The minimum absolute atomic E-state index is 0.180. The van der Waals surface area contributed by atoms with Gasteiger partial charge in [-0.2, -0.15) is 0 Å². The minimum Gasteiger partial charge on any atom is -0.310 e. The van der Waals surface area contributed by atoms with E-state index in [1.807, 2.05) is 0 Å². The maximum atomic E-state index is 13.0. The molecule has 1 unspecified atom stereocenters. The predicted molar refractivity (Wildman–Crippen MR) is 67.2 cm³/mol. The van der Waals surface area contributed by atoms with Crippen LogP contribution in [0.5, 0.6) is 0 Å². The molecule has 1 rings (SSSR count). The molecule has 0 fully saturated rings. The van der Waals surface area contributed by atoms with Gasteiger partial charge in [0.1, 0.15) is 5.82 Å². The molecule has 1 atom stereocenters. The Morgan fingerprint density at radius 3 is 2.56 bits per heavy atom. The Morgan fingerprint density at radius 2 is 2.00 bits per heavy atom. The Hall–Kier alpha value is -0.600. The van der Waals surface area contributed by atoms with Crippen molar-refractivity contribution < 1.29 is 4.39 Å². The summed E-state index contributed by atoms with van der Waals surface area (Å²) in [6, 6.07) is 4.78. The fourth-order valence-electron chi connectivity index (χ4n) is 1.25. The molecule has 0 spiro atoms. The van der Waals surface area contributed by atoms with Gasteiger partial charge >= 0.3 is 0 Å². The van der Waals surface area contributed by atoms with Crippen LogP contribution in [0.15, 0.2) is 18.2 Å².